The van der Waals surface area contributed by atoms with E-state index in [0.29, 0.717) is 20.5 Å². The summed E-state index contributed by atoms with van der Waals surface area (Å²) in [6, 6.07) is 6.95. The minimum atomic E-state index is -0.377. The molecule has 1 aliphatic carbocycles. The minimum Gasteiger partial charge on any atom is -0.273 e. The smallest absolute Gasteiger partial charge is 0.273 e. The molecule has 0 unspecified atom stereocenters. The number of hydrogen-bond acceptors (Lipinski definition) is 3. The van der Waals surface area contributed by atoms with Crippen LogP contribution in [-0.2, 0) is 24.1 Å². The summed E-state index contributed by atoms with van der Waals surface area (Å²) in [5.41, 5.74) is 6.62. The standard InChI is InChI=1S/C16H14Cl2N2O2S/c17-11-4-2-5-12(18)10(11)8-15(21)19-20-16(22)14-7-9-3-1-6-13(9)23-14/h2,4-5,7H,1,3,6,8H2,(H,19,21)(H,20,22). The van der Waals surface area contributed by atoms with Crippen molar-refractivity contribution in [3.8, 4) is 0 Å². The number of rotatable bonds is 3. The van der Waals surface area contributed by atoms with Gasteiger partial charge in [-0.15, -0.1) is 11.3 Å². The number of amides is 2. The van der Waals surface area contributed by atoms with Crippen molar-refractivity contribution in [2.75, 3.05) is 0 Å². The maximum Gasteiger partial charge on any atom is 0.279 e. The van der Waals surface area contributed by atoms with E-state index in [1.54, 1.807) is 18.2 Å². The van der Waals surface area contributed by atoms with Crippen molar-refractivity contribution in [1.82, 2.24) is 10.9 Å². The number of benzene rings is 1. The number of halogens is 2. The molecule has 1 aliphatic rings. The Labute approximate surface area is 147 Å². The van der Waals surface area contributed by atoms with Crippen LogP contribution < -0.4 is 10.9 Å². The molecule has 1 aromatic heterocycles. The lowest BCUT2D eigenvalue weighted by molar-refractivity contribution is -0.121. The molecule has 2 N–H and O–H groups in total. The van der Waals surface area contributed by atoms with Crippen molar-refractivity contribution in [2.45, 2.75) is 25.7 Å². The fourth-order valence-electron chi connectivity index (χ4n) is 2.53. The quantitative estimate of drug-likeness (QED) is 0.813. The fraction of sp³-hybridized carbons (Fsp3) is 0.250. The number of hydrazine groups is 1. The van der Waals surface area contributed by atoms with Crippen molar-refractivity contribution < 1.29 is 9.59 Å². The molecule has 0 spiro atoms. The lowest BCUT2D eigenvalue weighted by Crippen LogP contribution is -2.42. The summed E-state index contributed by atoms with van der Waals surface area (Å²) in [6.07, 6.45) is 3.21. The normalized spacial score (nSPS) is 12.8. The van der Waals surface area contributed by atoms with E-state index in [-0.39, 0.29) is 18.2 Å². The van der Waals surface area contributed by atoms with Gasteiger partial charge in [0.15, 0.2) is 0 Å². The number of aryl methyl sites for hydroxylation is 2. The highest BCUT2D eigenvalue weighted by molar-refractivity contribution is 7.14. The molecule has 23 heavy (non-hydrogen) atoms. The van der Waals surface area contributed by atoms with Crippen molar-refractivity contribution in [3.05, 3.63) is 55.2 Å². The van der Waals surface area contributed by atoms with E-state index in [9.17, 15) is 9.59 Å². The zero-order valence-electron chi connectivity index (χ0n) is 12.1. The number of carbonyl (C=O) groups is 2. The topological polar surface area (TPSA) is 58.2 Å². The molecule has 1 heterocycles. The van der Waals surface area contributed by atoms with Gasteiger partial charge in [-0.1, -0.05) is 29.3 Å². The summed E-state index contributed by atoms with van der Waals surface area (Å²) >= 11 is 13.5. The Morgan fingerprint density at radius 2 is 1.87 bits per heavy atom. The van der Waals surface area contributed by atoms with Crippen LogP contribution in [0.4, 0.5) is 0 Å². The molecule has 1 aromatic carbocycles. The Morgan fingerprint density at radius 3 is 2.57 bits per heavy atom. The zero-order chi connectivity index (χ0) is 16.4. The van der Waals surface area contributed by atoms with Gasteiger partial charge in [-0.25, -0.2) is 0 Å². The molecule has 2 amide bonds. The third kappa shape index (κ3) is 3.68. The molecule has 3 rings (SSSR count). The number of thiophene rings is 1. The molecule has 0 saturated heterocycles. The van der Waals surface area contributed by atoms with Gasteiger partial charge in [0, 0.05) is 14.9 Å². The maximum absolute atomic E-state index is 12.1. The summed E-state index contributed by atoms with van der Waals surface area (Å²) in [7, 11) is 0. The first-order valence-electron chi connectivity index (χ1n) is 7.18. The van der Waals surface area contributed by atoms with E-state index in [0.717, 1.165) is 19.3 Å². The van der Waals surface area contributed by atoms with Gasteiger partial charge in [0.1, 0.15) is 0 Å². The highest BCUT2D eigenvalue weighted by Crippen LogP contribution is 2.30. The number of carbonyl (C=O) groups excluding carboxylic acids is 2. The summed E-state index contributed by atoms with van der Waals surface area (Å²) in [6.45, 7) is 0. The SMILES string of the molecule is O=C(Cc1c(Cl)cccc1Cl)NNC(=O)c1cc2c(s1)CCC2. The molecule has 2 aromatic rings. The summed E-state index contributed by atoms with van der Waals surface area (Å²) < 4.78 is 0. The average molecular weight is 369 g/mol. The summed E-state index contributed by atoms with van der Waals surface area (Å²) in [5.74, 6) is -0.680. The Bertz CT molecular complexity index is 732. The van der Waals surface area contributed by atoms with E-state index < -0.39 is 0 Å². The first-order valence-corrected chi connectivity index (χ1v) is 8.75. The molecule has 7 heteroatoms. The Kier molecular flexibility index (Phi) is 4.90. The average Bonchev–Trinajstić information content (AvgIpc) is 3.10. The van der Waals surface area contributed by atoms with Gasteiger partial charge in [0.25, 0.3) is 5.91 Å². The van der Waals surface area contributed by atoms with Gasteiger partial charge >= 0.3 is 0 Å². The van der Waals surface area contributed by atoms with Gasteiger partial charge in [0.05, 0.1) is 11.3 Å². The predicted molar refractivity (Wildman–Crippen MR) is 92.1 cm³/mol. The second-order valence-electron chi connectivity index (χ2n) is 5.29. The van der Waals surface area contributed by atoms with Gasteiger partial charge < -0.3 is 0 Å². The summed E-state index contributed by atoms with van der Waals surface area (Å²) in [4.78, 5) is 25.9. The van der Waals surface area contributed by atoms with Crippen LogP contribution in [-0.4, -0.2) is 11.8 Å². The molecule has 4 nitrogen and oxygen atoms in total. The van der Waals surface area contributed by atoms with Crippen LogP contribution in [0.5, 0.6) is 0 Å². The van der Waals surface area contributed by atoms with E-state index >= 15 is 0 Å². The van der Waals surface area contributed by atoms with Crippen LogP contribution in [0, 0.1) is 0 Å². The zero-order valence-corrected chi connectivity index (χ0v) is 14.4. The van der Waals surface area contributed by atoms with Crippen LogP contribution in [0.1, 0.15) is 32.1 Å². The van der Waals surface area contributed by atoms with Crippen LogP contribution in [0.25, 0.3) is 0 Å². The van der Waals surface area contributed by atoms with Crippen molar-refractivity contribution in [2.24, 2.45) is 0 Å². The second kappa shape index (κ2) is 6.91. The Morgan fingerprint density at radius 1 is 1.13 bits per heavy atom. The summed E-state index contributed by atoms with van der Waals surface area (Å²) in [5, 5.41) is 0.849. The molecular formula is C16H14Cl2N2O2S. The van der Waals surface area contributed by atoms with E-state index in [4.69, 9.17) is 23.2 Å². The molecule has 0 aliphatic heterocycles. The van der Waals surface area contributed by atoms with Crippen molar-refractivity contribution in [1.29, 1.82) is 0 Å². The molecule has 0 bridgehead atoms. The van der Waals surface area contributed by atoms with Crippen LogP contribution in [0.15, 0.2) is 24.3 Å². The van der Waals surface area contributed by atoms with Gasteiger partial charge in [0.2, 0.25) is 5.91 Å². The third-order valence-corrected chi connectivity index (χ3v) is 5.63. The second-order valence-corrected chi connectivity index (χ2v) is 7.24. The van der Waals surface area contributed by atoms with E-state index in [1.165, 1.54) is 21.8 Å². The van der Waals surface area contributed by atoms with Crippen molar-refractivity contribution >= 4 is 46.4 Å². The number of hydrogen-bond donors (Lipinski definition) is 2. The van der Waals surface area contributed by atoms with Gasteiger partial charge in [-0.05, 0) is 48.6 Å². The Balaban J connectivity index is 1.57. The molecule has 0 radical (unpaired) electrons. The van der Waals surface area contributed by atoms with Crippen LogP contribution >= 0.6 is 34.5 Å². The number of nitrogens with one attached hydrogen (secondary N) is 2. The molecular weight excluding hydrogens is 355 g/mol. The highest BCUT2D eigenvalue weighted by Gasteiger charge is 2.19. The number of fused-ring (bicyclic) bond motifs is 1. The monoisotopic (exact) mass is 368 g/mol. The van der Waals surface area contributed by atoms with Crippen molar-refractivity contribution in [3.63, 3.8) is 0 Å². The fourth-order valence-corrected chi connectivity index (χ4v) is 4.21. The first kappa shape index (κ1) is 16.3. The molecule has 0 atom stereocenters. The first-order chi connectivity index (χ1) is 11.0. The highest BCUT2D eigenvalue weighted by atomic mass is 35.5. The molecule has 0 saturated carbocycles. The largest absolute Gasteiger partial charge is 0.279 e. The van der Waals surface area contributed by atoms with Crippen LogP contribution in [0.3, 0.4) is 0 Å². The Hall–Kier alpha value is -1.56. The van der Waals surface area contributed by atoms with Gasteiger partial charge in [-0.2, -0.15) is 0 Å². The third-order valence-electron chi connectivity index (χ3n) is 3.68. The molecule has 120 valence electrons. The van der Waals surface area contributed by atoms with Crippen LogP contribution in [0.2, 0.25) is 10.0 Å². The van der Waals surface area contributed by atoms with E-state index in [1.807, 2.05) is 6.07 Å². The van der Waals surface area contributed by atoms with E-state index in [2.05, 4.69) is 10.9 Å². The van der Waals surface area contributed by atoms with Gasteiger partial charge in [-0.3, -0.25) is 20.4 Å². The lowest BCUT2D eigenvalue weighted by Gasteiger charge is -2.08. The lowest BCUT2D eigenvalue weighted by atomic mass is 10.1. The maximum atomic E-state index is 12.1. The molecule has 0 fully saturated rings. The predicted octanol–water partition coefficient (Wildman–Crippen LogP) is 3.55. The minimum absolute atomic E-state index is 0.000271.